The third-order valence-electron chi connectivity index (χ3n) is 4.17. The fourth-order valence-corrected chi connectivity index (χ4v) is 2.83. The Morgan fingerprint density at radius 2 is 1.88 bits per heavy atom. The molecular formula is C18H19N3O3. The van der Waals surface area contributed by atoms with Crippen molar-refractivity contribution in [2.24, 2.45) is 0 Å². The summed E-state index contributed by atoms with van der Waals surface area (Å²) in [7, 11) is 0. The molecule has 0 unspecified atom stereocenters. The number of carbonyl (C=O) groups excluding carboxylic acids is 2. The van der Waals surface area contributed by atoms with Gasteiger partial charge < -0.3 is 15.3 Å². The van der Waals surface area contributed by atoms with Gasteiger partial charge in [-0.2, -0.15) is 0 Å². The molecule has 0 radical (unpaired) electrons. The second kappa shape index (κ2) is 7.23. The van der Waals surface area contributed by atoms with Gasteiger partial charge in [0.05, 0.1) is 6.61 Å². The third-order valence-corrected chi connectivity index (χ3v) is 4.17. The molecule has 1 aromatic heterocycles. The minimum Gasteiger partial charge on any atom is -0.394 e. The number of hydrogen-bond acceptors (Lipinski definition) is 4. The Hall–Kier alpha value is -2.73. The fourth-order valence-electron chi connectivity index (χ4n) is 2.83. The summed E-state index contributed by atoms with van der Waals surface area (Å²) in [6.07, 6.45) is 3.79. The van der Waals surface area contributed by atoms with Crippen LogP contribution >= 0.6 is 0 Å². The van der Waals surface area contributed by atoms with Crippen molar-refractivity contribution in [1.82, 2.24) is 15.2 Å². The maximum absolute atomic E-state index is 12.6. The van der Waals surface area contributed by atoms with Crippen LogP contribution in [-0.4, -0.2) is 46.0 Å². The Morgan fingerprint density at radius 3 is 2.58 bits per heavy atom. The van der Waals surface area contributed by atoms with Gasteiger partial charge in [0.15, 0.2) is 0 Å². The molecule has 24 heavy (non-hydrogen) atoms. The van der Waals surface area contributed by atoms with E-state index in [4.69, 9.17) is 0 Å². The Kier molecular flexibility index (Phi) is 4.86. The summed E-state index contributed by atoms with van der Waals surface area (Å²) in [6.45, 7) is 0.641. The van der Waals surface area contributed by atoms with Crippen molar-refractivity contribution in [3.8, 4) is 0 Å². The Labute approximate surface area is 140 Å². The number of rotatable bonds is 4. The maximum atomic E-state index is 12.6. The Morgan fingerprint density at radius 1 is 1.17 bits per heavy atom. The topological polar surface area (TPSA) is 82.5 Å². The molecule has 2 N–H and O–H groups in total. The van der Waals surface area contributed by atoms with E-state index in [9.17, 15) is 14.7 Å². The quantitative estimate of drug-likeness (QED) is 0.869. The van der Waals surface area contributed by atoms with Crippen molar-refractivity contribution in [3.05, 3.63) is 65.5 Å². The molecule has 1 atom stereocenters. The van der Waals surface area contributed by atoms with Gasteiger partial charge in [-0.3, -0.25) is 14.6 Å². The lowest BCUT2D eigenvalue weighted by Gasteiger charge is -2.31. The van der Waals surface area contributed by atoms with Crippen LogP contribution in [0, 0.1) is 0 Å². The Balaban J connectivity index is 1.68. The largest absolute Gasteiger partial charge is 0.394 e. The van der Waals surface area contributed by atoms with E-state index in [2.05, 4.69) is 16.4 Å². The molecule has 2 amide bonds. The second-order valence-corrected chi connectivity index (χ2v) is 5.72. The number of hydrogen-bond donors (Lipinski definition) is 2. The van der Waals surface area contributed by atoms with E-state index in [1.807, 2.05) is 18.2 Å². The van der Waals surface area contributed by atoms with Gasteiger partial charge in [0, 0.05) is 31.0 Å². The first-order valence-corrected chi connectivity index (χ1v) is 7.86. The minimum absolute atomic E-state index is 0.269. The highest BCUT2D eigenvalue weighted by molar-refractivity contribution is 5.97. The zero-order valence-corrected chi connectivity index (χ0v) is 13.2. The molecule has 6 nitrogen and oxygen atoms in total. The summed E-state index contributed by atoms with van der Waals surface area (Å²) in [5.74, 6) is -0.670. The molecule has 6 heteroatoms. The molecule has 0 spiro atoms. The zero-order chi connectivity index (χ0) is 16.9. The van der Waals surface area contributed by atoms with Gasteiger partial charge in [-0.15, -0.1) is 0 Å². The van der Waals surface area contributed by atoms with Crippen LogP contribution in [0.4, 0.5) is 0 Å². The predicted octanol–water partition coefficient (Wildman–Crippen LogP) is 0.757. The molecule has 3 rings (SSSR count). The summed E-state index contributed by atoms with van der Waals surface area (Å²) in [6, 6.07) is 10.2. The highest BCUT2D eigenvalue weighted by Crippen LogP contribution is 2.19. The van der Waals surface area contributed by atoms with Crippen molar-refractivity contribution in [2.45, 2.75) is 19.0 Å². The van der Waals surface area contributed by atoms with Crippen molar-refractivity contribution in [3.63, 3.8) is 0 Å². The van der Waals surface area contributed by atoms with Crippen molar-refractivity contribution < 1.29 is 14.7 Å². The standard InChI is InChI=1S/C18H19N3O3/c22-12-16(20-17(23)14-5-8-19-9-6-14)18(24)21-10-7-13-3-1-2-4-15(13)11-21/h1-6,8-9,16,22H,7,10-12H2,(H,20,23)/t16-/m0/s1. The second-order valence-electron chi connectivity index (χ2n) is 5.72. The normalized spacial score (nSPS) is 14.6. The van der Waals surface area contributed by atoms with Crippen LogP contribution in [0.15, 0.2) is 48.8 Å². The Bertz CT molecular complexity index is 733. The lowest BCUT2D eigenvalue weighted by atomic mass is 9.99. The number of carbonyl (C=O) groups is 2. The molecule has 0 bridgehead atoms. The first-order chi connectivity index (χ1) is 11.7. The first kappa shape index (κ1) is 16.1. The van der Waals surface area contributed by atoms with Gasteiger partial charge in [0.1, 0.15) is 6.04 Å². The van der Waals surface area contributed by atoms with Crippen LogP contribution in [-0.2, 0) is 17.8 Å². The van der Waals surface area contributed by atoms with Gasteiger partial charge >= 0.3 is 0 Å². The van der Waals surface area contributed by atoms with Gasteiger partial charge in [0.2, 0.25) is 5.91 Å². The molecule has 0 aliphatic carbocycles. The van der Waals surface area contributed by atoms with E-state index < -0.39 is 18.6 Å². The maximum Gasteiger partial charge on any atom is 0.252 e. The first-order valence-electron chi connectivity index (χ1n) is 7.86. The minimum atomic E-state index is -0.948. The van der Waals surface area contributed by atoms with Crippen LogP contribution in [0.2, 0.25) is 0 Å². The lowest BCUT2D eigenvalue weighted by Crippen LogP contribution is -2.51. The molecule has 0 saturated heterocycles. The van der Waals surface area contributed by atoms with Gasteiger partial charge in [0.25, 0.3) is 5.91 Å². The summed E-state index contributed by atoms with van der Waals surface area (Å²) in [4.78, 5) is 30.4. The van der Waals surface area contributed by atoms with Gasteiger partial charge in [-0.25, -0.2) is 0 Å². The fraction of sp³-hybridized carbons (Fsp3) is 0.278. The van der Waals surface area contributed by atoms with Crippen LogP contribution in [0.3, 0.4) is 0 Å². The average Bonchev–Trinajstić information content (AvgIpc) is 2.65. The number of nitrogens with one attached hydrogen (secondary N) is 1. The zero-order valence-electron chi connectivity index (χ0n) is 13.2. The number of aromatic nitrogens is 1. The van der Waals surface area contributed by atoms with Crippen molar-refractivity contribution in [1.29, 1.82) is 0 Å². The number of pyridine rings is 1. The molecule has 1 aliphatic heterocycles. The number of aliphatic hydroxyl groups excluding tert-OH is 1. The van der Waals surface area contributed by atoms with Crippen LogP contribution in [0.1, 0.15) is 21.5 Å². The summed E-state index contributed by atoms with van der Waals surface area (Å²) in [5.41, 5.74) is 2.75. The van der Waals surface area contributed by atoms with E-state index in [-0.39, 0.29) is 5.91 Å². The van der Waals surface area contributed by atoms with E-state index in [1.165, 1.54) is 18.0 Å². The van der Waals surface area contributed by atoms with Crippen LogP contribution in [0.25, 0.3) is 0 Å². The molecule has 124 valence electrons. The smallest absolute Gasteiger partial charge is 0.252 e. The lowest BCUT2D eigenvalue weighted by molar-refractivity contribution is -0.135. The number of benzene rings is 1. The SMILES string of the molecule is O=C(N[C@@H](CO)C(=O)N1CCc2ccccc2C1)c1ccncc1. The van der Waals surface area contributed by atoms with Crippen LogP contribution < -0.4 is 5.32 Å². The highest BCUT2D eigenvalue weighted by Gasteiger charge is 2.28. The van der Waals surface area contributed by atoms with Crippen LogP contribution in [0.5, 0.6) is 0 Å². The van der Waals surface area contributed by atoms with Gasteiger partial charge in [-0.1, -0.05) is 24.3 Å². The summed E-state index contributed by atoms with van der Waals surface area (Å²) >= 11 is 0. The van der Waals surface area contributed by atoms with Crippen molar-refractivity contribution in [2.75, 3.05) is 13.2 Å². The molecule has 1 aliphatic rings. The summed E-state index contributed by atoms with van der Waals surface area (Å²) < 4.78 is 0. The molecule has 0 saturated carbocycles. The molecule has 0 fully saturated rings. The van der Waals surface area contributed by atoms with E-state index in [0.717, 1.165) is 12.0 Å². The molecule has 2 aromatic rings. The molecule has 1 aromatic carbocycles. The van der Waals surface area contributed by atoms with Gasteiger partial charge in [-0.05, 0) is 29.7 Å². The van der Waals surface area contributed by atoms with E-state index in [1.54, 1.807) is 17.0 Å². The van der Waals surface area contributed by atoms with E-state index >= 15 is 0 Å². The summed E-state index contributed by atoms with van der Waals surface area (Å²) in [5, 5.41) is 12.1. The highest BCUT2D eigenvalue weighted by atomic mass is 16.3. The number of nitrogens with zero attached hydrogens (tertiary/aromatic N) is 2. The monoisotopic (exact) mass is 325 g/mol. The number of aliphatic hydroxyl groups is 1. The number of amides is 2. The van der Waals surface area contributed by atoms with Crippen molar-refractivity contribution >= 4 is 11.8 Å². The molecular weight excluding hydrogens is 306 g/mol. The average molecular weight is 325 g/mol. The molecule has 2 heterocycles. The predicted molar refractivity (Wildman–Crippen MR) is 88.1 cm³/mol. The third kappa shape index (κ3) is 3.44. The van der Waals surface area contributed by atoms with E-state index in [0.29, 0.717) is 18.7 Å². The number of fused-ring (bicyclic) bond motifs is 1.